The van der Waals surface area contributed by atoms with E-state index in [0.717, 1.165) is 52.5 Å². The number of carbonyl (C=O) groups is 1. The lowest BCUT2D eigenvalue weighted by Gasteiger charge is -2.25. The zero-order valence-electron chi connectivity index (χ0n) is 19.9. The van der Waals surface area contributed by atoms with Crippen LogP contribution in [0.5, 0.6) is 0 Å². The van der Waals surface area contributed by atoms with Gasteiger partial charge in [-0.25, -0.2) is 0 Å². The van der Waals surface area contributed by atoms with Crippen LogP contribution < -0.4 is 10.4 Å². The summed E-state index contributed by atoms with van der Waals surface area (Å²) in [4.78, 5) is 10.2. The summed E-state index contributed by atoms with van der Waals surface area (Å²) < 4.78 is 0. The Morgan fingerprint density at radius 1 is 0.970 bits per heavy atom. The van der Waals surface area contributed by atoms with Crippen LogP contribution in [0.1, 0.15) is 53.4 Å². The minimum Gasteiger partial charge on any atom is -0.515 e. The molecule has 0 saturated carbocycles. The number of aldehydes is 1. The molecule has 3 nitrogen and oxygen atoms in total. The molecule has 2 atom stereocenters. The van der Waals surface area contributed by atoms with E-state index in [1.54, 1.807) is 6.08 Å². The van der Waals surface area contributed by atoms with Crippen LogP contribution in [0.3, 0.4) is 0 Å². The minimum atomic E-state index is -0.232. The molecule has 4 rings (SSSR count). The van der Waals surface area contributed by atoms with Crippen molar-refractivity contribution < 1.29 is 15.0 Å². The summed E-state index contributed by atoms with van der Waals surface area (Å²) in [5, 5.41) is 19.9. The third kappa shape index (κ3) is 9.71. The Hall–Kier alpha value is -3.43. The van der Waals surface area contributed by atoms with Crippen LogP contribution in [0.2, 0.25) is 0 Å². The maximum Gasteiger partial charge on any atom is 0.150 e. The Kier molecular flexibility index (Phi) is 12.9. The SMILES string of the molecule is C=CC.C=c1cccc/c1=C\O.CC1Cc2ccccc2C(O)C1.Cc1ccccc1C=O. The first kappa shape index (κ1) is 27.6. The van der Waals surface area contributed by atoms with Crippen LogP contribution in [-0.2, 0) is 6.42 Å². The third-order valence-electron chi connectivity index (χ3n) is 5.12. The second kappa shape index (κ2) is 15.4. The molecular formula is C30H36O3. The van der Waals surface area contributed by atoms with Gasteiger partial charge in [0.05, 0.1) is 12.4 Å². The predicted octanol–water partition coefficient (Wildman–Crippen LogP) is 5.70. The fourth-order valence-electron chi connectivity index (χ4n) is 3.39. The van der Waals surface area contributed by atoms with Gasteiger partial charge < -0.3 is 10.2 Å². The van der Waals surface area contributed by atoms with Gasteiger partial charge >= 0.3 is 0 Å². The lowest BCUT2D eigenvalue weighted by Crippen LogP contribution is -2.21. The van der Waals surface area contributed by atoms with E-state index in [-0.39, 0.29) is 6.10 Å². The van der Waals surface area contributed by atoms with Gasteiger partial charge in [0.15, 0.2) is 0 Å². The first-order valence-corrected chi connectivity index (χ1v) is 11.1. The Bertz CT molecular complexity index is 1100. The smallest absolute Gasteiger partial charge is 0.150 e. The van der Waals surface area contributed by atoms with E-state index in [9.17, 15) is 9.90 Å². The van der Waals surface area contributed by atoms with Crippen LogP contribution >= 0.6 is 0 Å². The summed E-state index contributed by atoms with van der Waals surface area (Å²) in [5.41, 5.74) is 4.27. The lowest BCUT2D eigenvalue weighted by molar-refractivity contribution is 0.112. The fourth-order valence-corrected chi connectivity index (χ4v) is 3.39. The molecule has 0 saturated heterocycles. The van der Waals surface area contributed by atoms with E-state index in [0.29, 0.717) is 5.92 Å². The summed E-state index contributed by atoms with van der Waals surface area (Å²) in [5.74, 6) is 0.620. The van der Waals surface area contributed by atoms with Crippen LogP contribution in [0.25, 0.3) is 12.8 Å². The van der Waals surface area contributed by atoms with Crippen LogP contribution in [0, 0.1) is 12.8 Å². The third-order valence-corrected chi connectivity index (χ3v) is 5.12. The average Bonchev–Trinajstić information content (AvgIpc) is 2.81. The lowest BCUT2D eigenvalue weighted by atomic mass is 9.83. The first-order chi connectivity index (χ1) is 15.9. The molecule has 33 heavy (non-hydrogen) atoms. The van der Waals surface area contributed by atoms with Crippen molar-refractivity contribution in [2.75, 3.05) is 0 Å². The van der Waals surface area contributed by atoms with E-state index < -0.39 is 0 Å². The van der Waals surface area contributed by atoms with Gasteiger partial charge in [-0.2, -0.15) is 0 Å². The molecule has 0 fully saturated rings. The van der Waals surface area contributed by atoms with Gasteiger partial charge in [-0.15, -0.1) is 6.58 Å². The topological polar surface area (TPSA) is 57.5 Å². The van der Waals surface area contributed by atoms with Crippen molar-refractivity contribution >= 4 is 19.1 Å². The van der Waals surface area contributed by atoms with E-state index in [1.807, 2.05) is 80.6 Å². The summed E-state index contributed by atoms with van der Waals surface area (Å²) in [7, 11) is 0. The maximum atomic E-state index is 10.2. The molecule has 3 heteroatoms. The Morgan fingerprint density at radius 2 is 1.55 bits per heavy atom. The highest BCUT2D eigenvalue weighted by Crippen LogP contribution is 2.32. The molecule has 0 bridgehead atoms. The quantitative estimate of drug-likeness (QED) is 0.374. The van der Waals surface area contributed by atoms with Gasteiger partial charge in [0.2, 0.25) is 0 Å². The molecule has 1 aliphatic carbocycles. The molecule has 0 aromatic heterocycles. The molecule has 3 aromatic carbocycles. The van der Waals surface area contributed by atoms with Gasteiger partial charge in [0.1, 0.15) is 6.29 Å². The summed E-state index contributed by atoms with van der Waals surface area (Å²) in [6.45, 7) is 13.1. The van der Waals surface area contributed by atoms with Gasteiger partial charge in [-0.3, -0.25) is 4.79 Å². The Balaban J connectivity index is 0.000000237. The molecule has 0 aliphatic heterocycles. The summed E-state index contributed by atoms with van der Waals surface area (Å²) in [6.07, 6.45) is 5.48. The second-order valence-corrected chi connectivity index (χ2v) is 7.97. The van der Waals surface area contributed by atoms with Gasteiger partial charge in [-0.1, -0.05) is 92.4 Å². The molecule has 0 heterocycles. The van der Waals surface area contributed by atoms with Crippen molar-refractivity contribution in [1.29, 1.82) is 0 Å². The second-order valence-electron chi connectivity index (χ2n) is 7.97. The Labute approximate surface area is 198 Å². The highest BCUT2D eigenvalue weighted by atomic mass is 16.3. The number of hydrogen-bond donors (Lipinski definition) is 2. The van der Waals surface area contributed by atoms with Crippen molar-refractivity contribution in [2.24, 2.45) is 5.92 Å². The number of carbonyl (C=O) groups excluding carboxylic acids is 1. The summed E-state index contributed by atoms with van der Waals surface area (Å²) >= 11 is 0. The van der Waals surface area contributed by atoms with Crippen LogP contribution in [0.15, 0.2) is 85.5 Å². The zero-order valence-corrected chi connectivity index (χ0v) is 19.9. The molecule has 2 N–H and O–H groups in total. The number of hydrogen-bond acceptors (Lipinski definition) is 3. The van der Waals surface area contributed by atoms with E-state index in [4.69, 9.17) is 5.11 Å². The predicted molar refractivity (Wildman–Crippen MR) is 140 cm³/mol. The number of allylic oxidation sites excluding steroid dienone is 1. The molecule has 0 spiro atoms. The average molecular weight is 445 g/mol. The molecule has 0 radical (unpaired) electrons. The molecule has 3 aromatic rings. The minimum absolute atomic E-state index is 0.232. The highest BCUT2D eigenvalue weighted by Gasteiger charge is 2.21. The monoisotopic (exact) mass is 444 g/mol. The number of fused-ring (bicyclic) bond motifs is 1. The largest absolute Gasteiger partial charge is 0.515 e. The number of aliphatic hydroxyl groups excluding tert-OH is 2. The van der Waals surface area contributed by atoms with Gasteiger partial charge in [-0.05, 0) is 54.5 Å². The Morgan fingerprint density at radius 3 is 2.09 bits per heavy atom. The number of aliphatic hydroxyl groups is 2. The number of rotatable bonds is 1. The van der Waals surface area contributed by atoms with Crippen molar-refractivity contribution in [3.8, 4) is 0 Å². The van der Waals surface area contributed by atoms with Crippen LogP contribution in [-0.4, -0.2) is 16.5 Å². The van der Waals surface area contributed by atoms with Crippen molar-refractivity contribution in [3.05, 3.63) is 118 Å². The van der Waals surface area contributed by atoms with E-state index in [1.165, 1.54) is 5.56 Å². The van der Waals surface area contributed by atoms with E-state index in [2.05, 4.69) is 26.1 Å². The van der Waals surface area contributed by atoms with Gasteiger partial charge in [0.25, 0.3) is 0 Å². The first-order valence-electron chi connectivity index (χ1n) is 11.1. The normalized spacial score (nSPS) is 16.3. The number of benzene rings is 3. The van der Waals surface area contributed by atoms with Crippen molar-refractivity contribution in [1.82, 2.24) is 0 Å². The number of aryl methyl sites for hydroxylation is 1. The fraction of sp³-hybridized carbons (Fsp3) is 0.233. The van der Waals surface area contributed by atoms with E-state index >= 15 is 0 Å². The molecule has 1 aliphatic rings. The van der Waals surface area contributed by atoms with Crippen molar-refractivity contribution in [2.45, 2.75) is 39.7 Å². The molecule has 174 valence electrons. The molecular weight excluding hydrogens is 408 g/mol. The van der Waals surface area contributed by atoms with Gasteiger partial charge in [0, 0.05) is 10.8 Å². The summed E-state index contributed by atoms with van der Waals surface area (Å²) in [6, 6.07) is 23.1. The van der Waals surface area contributed by atoms with Crippen LogP contribution in [0.4, 0.5) is 0 Å². The molecule has 0 amide bonds. The standard InChI is InChI=1S/C11H14O.2C8H8O.C3H6/c1-8-6-9-4-2-3-5-10(9)11(12)7-8;2*1-7-4-2-3-5-8(7)6-9;1-3-2/h2-5,8,11-12H,6-7H2,1H3;2-6H,1H3;2-6,9H,1H2;3H,1H2,2H3/b;;8-6+;. The molecule has 2 unspecified atom stereocenters. The highest BCUT2D eigenvalue weighted by molar-refractivity contribution is 5.76. The zero-order chi connectivity index (χ0) is 24.6. The van der Waals surface area contributed by atoms with Crippen molar-refractivity contribution in [3.63, 3.8) is 0 Å². The maximum absolute atomic E-state index is 10.2.